The largest absolute Gasteiger partial charge is 0.465 e. The molecular weight excluding hydrogens is 336 g/mol. The minimum Gasteiger partial charge on any atom is -0.465 e. The van der Waals surface area contributed by atoms with Crippen molar-refractivity contribution in [1.29, 1.82) is 0 Å². The van der Waals surface area contributed by atoms with Crippen LogP contribution in [0.5, 0.6) is 0 Å². The number of thioether (sulfide) groups is 1. The van der Waals surface area contributed by atoms with Crippen LogP contribution >= 0.6 is 11.8 Å². The van der Waals surface area contributed by atoms with Crippen LogP contribution in [0.3, 0.4) is 0 Å². The first-order chi connectivity index (χ1) is 12.1. The lowest BCUT2D eigenvalue weighted by atomic mass is 10.1. The number of hydrogen-bond donors (Lipinski definition) is 0. The van der Waals surface area contributed by atoms with E-state index in [9.17, 15) is 9.59 Å². The summed E-state index contributed by atoms with van der Waals surface area (Å²) in [6, 6.07) is 14.9. The van der Waals surface area contributed by atoms with E-state index in [-0.39, 0.29) is 17.3 Å². The van der Waals surface area contributed by atoms with Gasteiger partial charge in [-0.25, -0.2) is 4.98 Å². The predicted octanol–water partition coefficient (Wildman–Crippen LogP) is 3.35. The molecule has 6 heteroatoms. The van der Waals surface area contributed by atoms with Gasteiger partial charge in [0.1, 0.15) is 0 Å². The SMILES string of the molecule is CCOC(=O)CSc1nc2ccc(C)cc2c(=O)n1-c1ccccc1. The van der Waals surface area contributed by atoms with E-state index < -0.39 is 0 Å². The number of ether oxygens (including phenoxy) is 1. The quantitative estimate of drug-likeness (QED) is 0.399. The van der Waals surface area contributed by atoms with Gasteiger partial charge in [-0.1, -0.05) is 41.6 Å². The van der Waals surface area contributed by atoms with Gasteiger partial charge in [0.15, 0.2) is 5.16 Å². The van der Waals surface area contributed by atoms with Gasteiger partial charge in [0.05, 0.1) is 29.0 Å². The third-order valence-electron chi connectivity index (χ3n) is 3.63. The van der Waals surface area contributed by atoms with Crippen LogP contribution in [0.15, 0.2) is 58.5 Å². The maximum absolute atomic E-state index is 13.1. The van der Waals surface area contributed by atoms with Crippen molar-refractivity contribution in [1.82, 2.24) is 9.55 Å². The number of fused-ring (bicyclic) bond motifs is 1. The standard InChI is InChI=1S/C19H18N2O3S/c1-3-24-17(22)12-25-19-20-16-10-9-13(2)11-15(16)18(23)21(19)14-7-5-4-6-8-14/h4-11H,3,12H2,1-2H3. The number of aryl methyl sites for hydroxylation is 1. The third-order valence-corrected chi connectivity index (χ3v) is 4.54. The van der Waals surface area contributed by atoms with E-state index in [2.05, 4.69) is 4.98 Å². The van der Waals surface area contributed by atoms with Gasteiger partial charge >= 0.3 is 5.97 Å². The number of para-hydroxylation sites is 1. The molecule has 0 amide bonds. The summed E-state index contributed by atoms with van der Waals surface area (Å²) < 4.78 is 6.51. The van der Waals surface area contributed by atoms with Crippen molar-refractivity contribution in [3.63, 3.8) is 0 Å². The molecule has 0 saturated heterocycles. The van der Waals surface area contributed by atoms with Gasteiger partial charge in [-0.2, -0.15) is 0 Å². The zero-order valence-electron chi connectivity index (χ0n) is 14.1. The first-order valence-corrected chi connectivity index (χ1v) is 8.96. The van der Waals surface area contributed by atoms with Crippen LogP contribution in [0.25, 0.3) is 16.6 Å². The van der Waals surface area contributed by atoms with Gasteiger partial charge in [0.25, 0.3) is 5.56 Å². The highest BCUT2D eigenvalue weighted by Gasteiger charge is 2.15. The lowest BCUT2D eigenvalue weighted by Gasteiger charge is -2.13. The Hall–Kier alpha value is -2.60. The normalized spacial score (nSPS) is 10.8. The van der Waals surface area contributed by atoms with E-state index in [0.29, 0.717) is 22.7 Å². The summed E-state index contributed by atoms with van der Waals surface area (Å²) in [4.78, 5) is 29.4. The second-order valence-corrected chi connectivity index (χ2v) is 6.43. The van der Waals surface area contributed by atoms with E-state index >= 15 is 0 Å². The number of nitrogens with zero attached hydrogens (tertiary/aromatic N) is 2. The molecule has 1 heterocycles. The predicted molar refractivity (Wildman–Crippen MR) is 99.4 cm³/mol. The summed E-state index contributed by atoms with van der Waals surface area (Å²) in [5, 5.41) is 1.03. The summed E-state index contributed by atoms with van der Waals surface area (Å²) in [7, 11) is 0. The number of carbonyl (C=O) groups is 1. The van der Waals surface area contributed by atoms with Crippen LogP contribution in [-0.4, -0.2) is 27.9 Å². The molecule has 0 fully saturated rings. The maximum atomic E-state index is 13.1. The molecule has 2 aromatic carbocycles. The van der Waals surface area contributed by atoms with Gasteiger partial charge in [-0.15, -0.1) is 0 Å². The van der Waals surface area contributed by atoms with E-state index in [1.807, 2.05) is 55.5 Å². The van der Waals surface area contributed by atoms with Crippen LogP contribution in [-0.2, 0) is 9.53 Å². The van der Waals surface area contributed by atoms with Gasteiger partial charge in [0.2, 0.25) is 0 Å². The molecule has 0 unspecified atom stereocenters. The van der Waals surface area contributed by atoms with Crippen LogP contribution in [0, 0.1) is 6.92 Å². The summed E-state index contributed by atoms with van der Waals surface area (Å²) in [5.41, 5.74) is 2.19. The van der Waals surface area contributed by atoms with E-state index in [1.54, 1.807) is 11.5 Å². The van der Waals surface area contributed by atoms with Crippen molar-refractivity contribution in [2.45, 2.75) is 19.0 Å². The minimum absolute atomic E-state index is 0.102. The van der Waals surface area contributed by atoms with Crippen molar-refractivity contribution in [2.24, 2.45) is 0 Å². The molecule has 1 aromatic heterocycles. The van der Waals surface area contributed by atoms with Gasteiger partial charge < -0.3 is 4.74 Å². The molecule has 3 aromatic rings. The molecular formula is C19H18N2O3S. The number of rotatable bonds is 5. The molecule has 3 rings (SSSR count). The van der Waals surface area contributed by atoms with Crippen molar-refractivity contribution >= 4 is 28.6 Å². The number of carbonyl (C=O) groups excluding carboxylic acids is 1. The molecule has 128 valence electrons. The maximum Gasteiger partial charge on any atom is 0.316 e. The summed E-state index contributed by atoms with van der Waals surface area (Å²) >= 11 is 1.20. The average Bonchev–Trinajstić information content (AvgIpc) is 2.61. The lowest BCUT2D eigenvalue weighted by molar-refractivity contribution is -0.139. The molecule has 0 N–H and O–H groups in total. The van der Waals surface area contributed by atoms with Crippen LogP contribution < -0.4 is 5.56 Å². The number of benzene rings is 2. The Balaban J connectivity index is 2.14. The number of esters is 1. The molecule has 0 spiro atoms. The summed E-state index contributed by atoms with van der Waals surface area (Å²) in [6.07, 6.45) is 0. The Bertz CT molecular complexity index is 968. The summed E-state index contributed by atoms with van der Waals surface area (Å²) in [5.74, 6) is -0.227. The topological polar surface area (TPSA) is 61.2 Å². The molecule has 0 aliphatic carbocycles. The van der Waals surface area contributed by atoms with Crippen molar-refractivity contribution in [2.75, 3.05) is 12.4 Å². The first kappa shape index (κ1) is 17.2. The monoisotopic (exact) mass is 354 g/mol. The fraction of sp³-hybridized carbons (Fsp3) is 0.211. The molecule has 0 aliphatic heterocycles. The minimum atomic E-state index is -0.328. The smallest absolute Gasteiger partial charge is 0.316 e. The third kappa shape index (κ3) is 3.74. The van der Waals surface area contributed by atoms with E-state index in [1.165, 1.54) is 11.8 Å². The van der Waals surface area contributed by atoms with Gasteiger partial charge in [-0.3, -0.25) is 14.2 Å². The van der Waals surface area contributed by atoms with E-state index in [0.717, 1.165) is 11.3 Å². The second-order valence-electron chi connectivity index (χ2n) is 5.48. The molecule has 0 saturated carbocycles. The fourth-order valence-corrected chi connectivity index (χ4v) is 3.32. The fourth-order valence-electron chi connectivity index (χ4n) is 2.51. The highest BCUT2D eigenvalue weighted by molar-refractivity contribution is 7.99. The first-order valence-electron chi connectivity index (χ1n) is 7.97. The summed E-state index contributed by atoms with van der Waals surface area (Å²) in [6.45, 7) is 4.03. The zero-order chi connectivity index (χ0) is 17.8. The number of hydrogen-bond acceptors (Lipinski definition) is 5. The highest BCUT2D eigenvalue weighted by atomic mass is 32.2. The molecule has 5 nitrogen and oxygen atoms in total. The molecule has 0 atom stereocenters. The molecule has 0 aliphatic rings. The Labute approximate surface area is 149 Å². The second kappa shape index (κ2) is 7.53. The van der Waals surface area contributed by atoms with Crippen LogP contribution in [0.4, 0.5) is 0 Å². The Morgan fingerprint density at radius 1 is 1.20 bits per heavy atom. The van der Waals surface area contributed by atoms with Crippen LogP contribution in [0.2, 0.25) is 0 Å². The molecule has 25 heavy (non-hydrogen) atoms. The highest BCUT2D eigenvalue weighted by Crippen LogP contribution is 2.22. The molecule has 0 radical (unpaired) electrons. The number of aromatic nitrogens is 2. The Kier molecular flexibility index (Phi) is 5.19. The zero-order valence-corrected chi connectivity index (χ0v) is 14.9. The average molecular weight is 354 g/mol. The van der Waals surface area contributed by atoms with Crippen molar-refractivity contribution in [3.05, 3.63) is 64.4 Å². The van der Waals surface area contributed by atoms with Crippen molar-refractivity contribution in [3.8, 4) is 5.69 Å². The lowest BCUT2D eigenvalue weighted by Crippen LogP contribution is -2.22. The van der Waals surface area contributed by atoms with Crippen molar-refractivity contribution < 1.29 is 9.53 Å². The Morgan fingerprint density at radius 3 is 2.68 bits per heavy atom. The van der Waals surface area contributed by atoms with Crippen LogP contribution in [0.1, 0.15) is 12.5 Å². The van der Waals surface area contributed by atoms with E-state index in [4.69, 9.17) is 4.74 Å². The van der Waals surface area contributed by atoms with Gasteiger partial charge in [0, 0.05) is 0 Å². The Morgan fingerprint density at radius 2 is 1.96 bits per heavy atom. The van der Waals surface area contributed by atoms with Gasteiger partial charge in [-0.05, 0) is 38.1 Å². The molecule has 0 bridgehead atoms.